The number of hydrogen-bond acceptors (Lipinski definition) is 3. The molecule has 1 radical (unpaired) electrons. The number of aromatic nitrogens is 3. The summed E-state index contributed by atoms with van der Waals surface area (Å²) in [6, 6.07) is 8.10. The van der Waals surface area contributed by atoms with Gasteiger partial charge in [0.25, 0.3) is 0 Å². The molecule has 3 aromatic heterocycles. The van der Waals surface area contributed by atoms with Gasteiger partial charge in [-0.3, -0.25) is 9.55 Å². The van der Waals surface area contributed by atoms with Gasteiger partial charge in [-0.2, -0.15) is 0 Å². The third kappa shape index (κ3) is 1.62. The normalized spacial score (nSPS) is 10.7. The number of hydrogen-bond donors (Lipinski definition) is 1. The summed E-state index contributed by atoms with van der Waals surface area (Å²) in [4.78, 5) is 19.4. The van der Waals surface area contributed by atoms with Crippen LogP contribution in [0.15, 0.2) is 43.0 Å². The number of fused-ring (bicyclic) bond motifs is 1. The van der Waals surface area contributed by atoms with Gasteiger partial charge in [0.05, 0.1) is 0 Å². The Morgan fingerprint density at radius 1 is 1.33 bits per heavy atom. The molecule has 0 unspecified atom stereocenters. The first-order valence-electron chi connectivity index (χ1n) is 5.35. The Kier molecular flexibility index (Phi) is 2.30. The van der Waals surface area contributed by atoms with Gasteiger partial charge < -0.3 is 5.73 Å². The summed E-state index contributed by atoms with van der Waals surface area (Å²) in [6.45, 7) is 0. The predicted octanol–water partition coefficient (Wildman–Crippen LogP) is 1.83. The van der Waals surface area contributed by atoms with Crippen LogP contribution in [0.1, 0.15) is 0 Å². The highest BCUT2D eigenvalue weighted by Crippen LogP contribution is 2.21. The van der Waals surface area contributed by atoms with Gasteiger partial charge in [-0.25, -0.2) is 9.78 Å². The number of primary amides is 1. The zero-order chi connectivity index (χ0) is 12.5. The topological polar surface area (TPSA) is 73.8 Å². The highest BCUT2D eigenvalue weighted by Gasteiger charge is 2.08. The maximum Gasteiger partial charge on any atom is 0.324 e. The van der Waals surface area contributed by atoms with Gasteiger partial charge in [0.1, 0.15) is 5.65 Å². The van der Waals surface area contributed by atoms with Gasteiger partial charge in [0, 0.05) is 47.4 Å². The first-order valence-corrected chi connectivity index (χ1v) is 5.35. The number of carbonyl (C=O) groups is 1. The van der Waals surface area contributed by atoms with E-state index in [1.54, 1.807) is 18.6 Å². The van der Waals surface area contributed by atoms with Crippen molar-refractivity contribution >= 4 is 17.1 Å². The lowest BCUT2D eigenvalue weighted by Crippen LogP contribution is -2.18. The van der Waals surface area contributed by atoms with Crippen molar-refractivity contribution in [2.24, 2.45) is 5.73 Å². The lowest BCUT2D eigenvalue weighted by atomic mass is 10.1. The van der Waals surface area contributed by atoms with Crippen molar-refractivity contribution in [3.8, 4) is 11.1 Å². The van der Waals surface area contributed by atoms with Crippen LogP contribution in [0.25, 0.3) is 22.2 Å². The van der Waals surface area contributed by atoms with E-state index < -0.39 is 6.03 Å². The lowest BCUT2D eigenvalue weighted by Gasteiger charge is -2.01. The summed E-state index contributed by atoms with van der Waals surface area (Å²) in [7, 11) is 0. The molecule has 5 heteroatoms. The highest BCUT2D eigenvalue weighted by atomic mass is 16.2. The summed E-state index contributed by atoms with van der Waals surface area (Å²) in [5.74, 6) is 0. The molecule has 1 amide bonds. The number of pyridine rings is 2. The summed E-state index contributed by atoms with van der Waals surface area (Å²) in [6.07, 6.45) is 6.65. The smallest absolute Gasteiger partial charge is 0.324 e. The molecule has 2 N–H and O–H groups in total. The van der Waals surface area contributed by atoms with E-state index in [-0.39, 0.29) is 0 Å². The maximum absolute atomic E-state index is 11.1. The van der Waals surface area contributed by atoms with Crippen LogP contribution in [0, 0.1) is 6.07 Å². The molecule has 0 bridgehead atoms. The number of carbonyl (C=O) groups excluding carboxylic acids is 1. The molecule has 87 valence electrons. The zero-order valence-electron chi connectivity index (χ0n) is 9.37. The van der Waals surface area contributed by atoms with Crippen LogP contribution in [0.4, 0.5) is 4.79 Å². The van der Waals surface area contributed by atoms with Crippen molar-refractivity contribution in [2.75, 3.05) is 0 Å². The molecule has 5 nitrogen and oxygen atoms in total. The van der Waals surface area contributed by atoms with Crippen LogP contribution in [0.2, 0.25) is 0 Å². The molecular formula is C13H9N4O. The molecule has 0 fully saturated rings. The van der Waals surface area contributed by atoms with Gasteiger partial charge in [0.2, 0.25) is 0 Å². The average molecular weight is 237 g/mol. The molecule has 0 aromatic carbocycles. The lowest BCUT2D eigenvalue weighted by molar-refractivity contribution is 0.251. The van der Waals surface area contributed by atoms with Crippen molar-refractivity contribution in [1.29, 1.82) is 0 Å². The summed E-state index contributed by atoms with van der Waals surface area (Å²) >= 11 is 0. The zero-order valence-corrected chi connectivity index (χ0v) is 9.37. The maximum atomic E-state index is 11.1. The molecule has 3 heterocycles. The van der Waals surface area contributed by atoms with E-state index in [0.29, 0.717) is 5.65 Å². The molecule has 0 spiro atoms. The van der Waals surface area contributed by atoms with Gasteiger partial charge in [-0.15, -0.1) is 0 Å². The molecule has 18 heavy (non-hydrogen) atoms. The summed E-state index contributed by atoms with van der Waals surface area (Å²) < 4.78 is 1.27. The molecule has 3 aromatic rings. The highest BCUT2D eigenvalue weighted by molar-refractivity contribution is 5.90. The van der Waals surface area contributed by atoms with E-state index in [1.807, 2.05) is 18.2 Å². The molecule has 0 atom stereocenters. The van der Waals surface area contributed by atoms with Crippen LogP contribution < -0.4 is 5.73 Å². The van der Waals surface area contributed by atoms with E-state index in [1.165, 1.54) is 10.8 Å². The number of rotatable bonds is 1. The van der Waals surface area contributed by atoms with Crippen LogP contribution in [0.5, 0.6) is 0 Å². The quantitative estimate of drug-likeness (QED) is 0.701. The second-order valence-electron chi connectivity index (χ2n) is 3.82. The fourth-order valence-electron chi connectivity index (χ4n) is 1.81. The minimum absolute atomic E-state index is 0.509. The van der Waals surface area contributed by atoms with Crippen LogP contribution in [0.3, 0.4) is 0 Å². The second kappa shape index (κ2) is 3.96. The van der Waals surface area contributed by atoms with E-state index in [2.05, 4.69) is 16.0 Å². The first kappa shape index (κ1) is 10.5. The van der Waals surface area contributed by atoms with Crippen molar-refractivity contribution in [3.63, 3.8) is 0 Å². The standard InChI is InChI=1S/C13H9N4O/c14-13(18)17-5-3-9-6-11(8-16-12(9)17)10-2-1-4-15-7-10/h1-2,4-8H,(H2,14,18). The molecule has 0 saturated carbocycles. The Labute approximate surface area is 103 Å². The molecule has 0 aliphatic rings. The fraction of sp³-hybridized carbons (Fsp3) is 0. The van der Waals surface area contributed by atoms with Crippen LogP contribution in [-0.4, -0.2) is 20.6 Å². The second-order valence-corrected chi connectivity index (χ2v) is 3.82. The van der Waals surface area contributed by atoms with Crippen LogP contribution in [-0.2, 0) is 0 Å². The van der Waals surface area contributed by atoms with Gasteiger partial charge >= 0.3 is 6.03 Å². The average Bonchev–Trinajstić information content (AvgIpc) is 2.82. The monoisotopic (exact) mass is 237 g/mol. The minimum atomic E-state index is -0.567. The first-order chi connectivity index (χ1) is 8.75. The predicted molar refractivity (Wildman–Crippen MR) is 66.8 cm³/mol. The number of amides is 1. The summed E-state index contributed by atoms with van der Waals surface area (Å²) in [5, 5.41) is 0.746. The van der Waals surface area contributed by atoms with E-state index in [0.717, 1.165) is 16.5 Å². The van der Waals surface area contributed by atoms with Gasteiger partial charge in [-0.1, -0.05) is 6.07 Å². The Balaban J connectivity index is 2.16. The van der Waals surface area contributed by atoms with Crippen LogP contribution >= 0.6 is 0 Å². The molecular weight excluding hydrogens is 228 g/mol. The third-order valence-electron chi connectivity index (χ3n) is 2.68. The molecule has 0 aliphatic carbocycles. The van der Waals surface area contributed by atoms with Crippen molar-refractivity contribution in [3.05, 3.63) is 49.1 Å². The number of nitrogens with two attached hydrogens (primary N) is 1. The van der Waals surface area contributed by atoms with E-state index in [9.17, 15) is 4.79 Å². The Morgan fingerprint density at radius 3 is 2.94 bits per heavy atom. The Hall–Kier alpha value is -2.69. The van der Waals surface area contributed by atoms with Crippen molar-refractivity contribution < 1.29 is 4.79 Å². The molecule has 0 saturated heterocycles. The van der Waals surface area contributed by atoms with Gasteiger partial charge in [-0.05, 0) is 12.1 Å². The van der Waals surface area contributed by atoms with E-state index >= 15 is 0 Å². The van der Waals surface area contributed by atoms with Gasteiger partial charge in [0.15, 0.2) is 0 Å². The Bertz CT molecular complexity index is 718. The van der Waals surface area contributed by atoms with Crippen molar-refractivity contribution in [1.82, 2.24) is 14.5 Å². The molecule has 0 aliphatic heterocycles. The van der Waals surface area contributed by atoms with Crippen molar-refractivity contribution in [2.45, 2.75) is 0 Å². The SMILES string of the molecule is NC(=O)n1c[c]c2cc(-c3cccnc3)cnc21. The summed E-state index contributed by atoms with van der Waals surface area (Å²) in [5.41, 5.74) is 7.63. The van der Waals surface area contributed by atoms with E-state index in [4.69, 9.17) is 5.73 Å². The molecule has 3 rings (SSSR count). The number of nitrogens with zero attached hydrogens (tertiary/aromatic N) is 3. The third-order valence-corrected chi connectivity index (χ3v) is 2.68. The fourth-order valence-corrected chi connectivity index (χ4v) is 1.81. The largest absolute Gasteiger partial charge is 0.351 e. The minimum Gasteiger partial charge on any atom is -0.351 e. The Morgan fingerprint density at radius 2 is 2.22 bits per heavy atom.